The summed E-state index contributed by atoms with van der Waals surface area (Å²) in [7, 11) is 0. The highest BCUT2D eigenvalue weighted by Gasteiger charge is 2.25. The first-order chi connectivity index (χ1) is 9.54. The summed E-state index contributed by atoms with van der Waals surface area (Å²) in [5.41, 5.74) is 5.16. The van der Waals surface area contributed by atoms with Gasteiger partial charge < -0.3 is 5.32 Å². The number of carbonyl (C=O) groups excluding carboxylic acids is 1. The molecule has 1 heterocycles. The van der Waals surface area contributed by atoms with Crippen LogP contribution < -0.4 is 5.32 Å². The molecule has 1 aliphatic heterocycles. The molecule has 0 saturated heterocycles. The molecule has 4 heteroatoms. The molecule has 3 rings (SSSR count). The minimum absolute atomic E-state index is 0.147. The van der Waals surface area contributed by atoms with Gasteiger partial charge in [-0.3, -0.25) is 4.79 Å². The summed E-state index contributed by atoms with van der Waals surface area (Å²) >= 11 is 3.46. The van der Waals surface area contributed by atoms with Crippen LogP contribution in [0.2, 0.25) is 0 Å². The van der Waals surface area contributed by atoms with E-state index < -0.39 is 0 Å². The Bertz CT molecular complexity index is 750. The van der Waals surface area contributed by atoms with Crippen LogP contribution in [0.1, 0.15) is 16.7 Å². The van der Waals surface area contributed by atoms with E-state index in [9.17, 15) is 4.79 Å². The molecule has 0 fully saturated rings. The highest BCUT2D eigenvalue weighted by molar-refractivity contribution is 9.10. The van der Waals surface area contributed by atoms with Crippen LogP contribution >= 0.6 is 15.9 Å². The van der Waals surface area contributed by atoms with E-state index in [1.54, 1.807) is 0 Å². The molecule has 3 nitrogen and oxygen atoms in total. The molecular weight excluding hydrogens is 316 g/mol. The van der Waals surface area contributed by atoms with E-state index in [0.29, 0.717) is 5.71 Å². The van der Waals surface area contributed by atoms with Gasteiger partial charge in [0.1, 0.15) is 5.71 Å². The van der Waals surface area contributed by atoms with E-state index in [1.165, 1.54) is 0 Å². The molecule has 1 aliphatic rings. The number of fused-ring (bicyclic) bond motifs is 1. The molecule has 0 atom stereocenters. The first-order valence-corrected chi connectivity index (χ1v) is 7.11. The van der Waals surface area contributed by atoms with Gasteiger partial charge in [-0.1, -0.05) is 27.6 Å². The normalized spacial score (nSPS) is 15.3. The summed E-state index contributed by atoms with van der Waals surface area (Å²) in [6.07, 6.45) is 0. The van der Waals surface area contributed by atoms with Crippen molar-refractivity contribution in [2.45, 2.75) is 13.8 Å². The third-order valence-electron chi connectivity index (χ3n) is 3.28. The van der Waals surface area contributed by atoms with Gasteiger partial charge in [0.25, 0.3) is 5.91 Å². The highest BCUT2D eigenvalue weighted by atomic mass is 79.9. The minimum atomic E-state index is -0.147. The minimum Gasteiger partial charge on any atom is -0.320 e. The molecule has 2 aromatic carbocycles. The van der Waals surface area contributed by atoms with Crippen molar-refractivity contribution in [3.63, 3.8) is 0 Å². The summed E-state index contributed by atoms with van der Waals surface area (Å²) < 4.78 is 1.04. The van der Waals surface area contributed by atoms with Crippen molar-refractivity contribution in [3.8, 4) is 0 Å². The zero-order chi connectivity index (χ0) is 14.3. The molecule has 0 spiro atoms. The SMILES string of the molecule is Cc1ccc2c(c1)C(=Nc1ccc(Br)c(C)c1)C(=O)N2. The number of nitrogens with zero attached hydrogens (tertiary/aromatic N) is 1. The van der Waals surface area contributed by atoms with Crippen molar-refractivity contribution >= 4 is 38.9 Å². The second kappa shape index (κ2) is 4.87. The van der Waals surface area contributed by atoms with Crippen LogP contribution in [-0.4, -0.2) is 11.6 Å². The van der Waals surface area contributed by atoms with E-state index in [4.69, 9.17) is 0 Å². The first kappa shape index (κ1) is 13.1. The van der Waals surface area contributed by atoms with Gasteiger partial charge in [-0.2, -0.15) is 0 Å². The maximum atomic E-state index is 12.0. The molecule has 0 bridgehead atoms. The zero-order valence-corrected chi connectivity index (χ0v) is 12.8. The molecule has 0 aromatic heterocycles. The van der Waals surface area contributed by atoms with E-state index in [-0.39, 0.29) is 5.91 Å². The average molecular weight is 329 g/mol. The van der Waals surface area contributed by atoms with Crippen LogP contribution in [-0.2, 0) is 4.79 Å². The van der Waals surface area contributed by atoms with E-state index in [1.807, 2.05) is 50.2 Å². The molecule has 0 radical (unpaired) electrons. The lowest BCUT2D eigenvalue weighted by Gasteiger charge is -2.02. The zero-order valence-electron chi connectivity index (χ0n) is 11.2. The van der Waals surface area contributed by atoms with Crippen molar-refractivity contribution in [2.24, 2.45) is 4.99 Å². The van der Waals surface area contributed by atoms with Crippen molar-refractivity contribution in [1.29, 1.82) is 0 Å². The van der Waals surface area contributed by atoms with E-state index >= 15 is 0 Å². The number of halogens is 1. The highest BCUT2D eigenvalue weighted by Crippen LogP contribution is 2.28. The summed E-state index contributed by atoms with van der Waals surface area (Å²) in [6, 6.07) is 11.7. The van der Waals surface area contributed by atoms with Gasteiger partial charge in [-0.05, 0) is 49.7 Å². The second-order valence-corrected chi connectivity index (χ2v) is 5.75. The van der Waals surface area contributed by atoms with E-state index in [0.717, 1.165) is 32.5 Å². The van der Waals surface area contributed by atoms with Crippen molar-refractivity contribution in [3.05, 3.63) is 57.6 Å². The third-order valence-corrected chi connectivity index (χ3v) is 4.17. The number of aryl methyl sites for hydroxylation is 2. The quantitative estimate of drug-likeness (QED) is 0.839. The molecule has 2 aromatic rings. The fourth-order valence-corrected chi connectivity index (χ4v) is 2.45. The van der Waals surface area contributed by atoms with Gasteiger partial charge in [-0.25, -0.2) is 4.99 Å². The Labute approximate surface area is 125 Å². The monoisotopic (exact) mass is 328 g/mol. The van der Waals surface area contributed by atoms with Crippen LogP contribution in [0.15, 0.2) is 45.9 Å². The topological polar surface area (TPSA) is 41.5 Å². The van der Waals surface area contributed by atoms with Gasteiger partial charge in [-0.15, -0.1) is 0 Å². The standard InChI is InChI=1S/C16H13BrN2O/c1-9-3-6-14-12(7-9)15(16(20)19-14)18-11-4-5-13(17)10(2)8-11/h3-8H,1-2H3,(H,18,19,20). The molecule has 0 saturated carbocycles. The average Bonchev–Trinajstić information content (AvgIpc) is 2.70. The van der Waals surface area contributed by atoms with Gasteiger partial charge >= 0.3 is 0 Å². The number of aliphatic imine (C=N–C) groups is 1. The van der Waals surface area contributed by atoms with Gasteiger partial charge in [0.05, 0.1) is 11.4 Å². The third kappa shape index (κ3) is 2.27. The largest absolute Gasteiger partial charge is 0.320 e. The first-order valence-electron chi connectivity index (χ1n) is 6.32. The smallest absolute Gasteiger partial charge is 0.275 e. The van der Waals surface area contributed by atoms with E-state index in [2.05, 4.69) is 26.2 Å². The molecular formula is C16H13BrN2O. The number of amides is 1. The molecule has 20 heavy (non-hydrogen) atoms. The Hall–Kier alpha value is -1.94. The Morgan fingerprint density at radius 3 is 2.65 bits per heavy atom. The van der Waals surface area contributed by atoms with Crippen LogP contribution in [0.4, 0.5) is 11.4 Å². The van der Waals surface area contributed by atoms with Crippen molar-refractivity contribution in [2.75, 3.05) is 5.32 Å². The fourth-order valence-electron chi connectivity index (χ4n) is 2.21. The predicted molar refractivity (Wildman–Crippen MR) is 84.9 cm³/mol. The summed E-state index contributed by atoms with van der Waals surface area (Å²) in [6.45, 7) is 4.01. The van der Waals surface area contributed by atoms with Crippen LogP contribution in [0.25, 0.3) is 0 Å². The number of benzene rings is 2. The van der Waals surface area contributed by atoms with Crippen molar-refractivity contribution in [1.82, 2.24) is 0 Å². The number of rotatable bonds is 1. The predicted octanol–water partition coefficient (Wildman–Crippen LogP) is 4.14. The number of anilines is 1. The van der Waals surface area contributed by atoms with Crippen LogP contribution in [0, 0.1) is 13.8 Å². The number of hydrogen-bond acceptors (Lipinski definition) is 2. The maximum absolute atomic E-state index is 12.0. The molecule has 0 aliphatic carbocycles. The number of carbonyl (C=O) groups is 1. The number of hydrogen-bond donors (Lipinski definition) is 1. The lowest BCUT2D eigenvalue weighted by Crippen LogP contribution is -2.13. The molecule has 0 unspecified atom stereocenters. The van der Waals surface area contributed by atoms with Crippen LogP contribution in [0.5, 0.6) is 0 Å². The Morgan fingerprint density at radius 1 is 1.10 bits per heavy atom. The number of nitrogens with one attached hydrogen (secondary N) is 1. The van der Waals surface area contributed by atoms with Gasteiger partial charge in [0.2, 0.25) is 0 Å². The van der Waals surface area contributed by atoms with Gasteiger partial charge in [0.15, 0.2) is 0 Å². The molecule has 1 N–H and O–H groups in total. The fraction of sp³-hybridized carbons (Fsp3) is 0.125. The molecule has 100 valence electrons. The Balaban J connectivity index is 2.10. The summed E-state index contributed by atoms with van der Waals surface area (Å²) in [5, 5.41) is 2.84. The lowest BCUT2D eigenvalue weighted by molar-refractivity contribution is -0.110. The second-order valence-electron chi connectivity index (χ2n) is 4.90. The van der Waals surface area contributed by atoms with Crippen LogP contribution in [0.3, 0.4) is 0 Å². The summed E-state index contributed by atoms with van der Waals surface area (Å²) in [4.78, 5) is 16.6. The lowest BCUT2D eigenvalue weighted by atomic mass is 10.1. The Morgan fingerprint density at radius 2 is 1.90 bits per heavy atom. The van der Waals surface area contributed by atoms with Crippen molar-refractivity contribution < 1.29 is 4.79 Å². The summed E-state index contributed by atoms with van der Waals surface area (Å²) in [5.74, 6) is -0.147. The Kier molecular flexibility index (Phi) is 3.18. The molecule has 1 amide bonds. The maximum Gasteiger partial charge on any atom is 0.275 e. The van der Waals surface area contributed by atoms with Gasteiger partial charge in [0, 0.05) is 10.0 Å².